The van der Waals surface area contributed by atoms with Crippen LogP contribution in [0.2, 0.25) is 0 Å². The van der Waals surface area contributed by atoms with Crippen molar-refractivity contribution < 1.29 is 0 Å². The first-order valence-electron chi connectivity index (χ1n) is 17.6. The topological polar surface area (TPSA) is 25.8 Å². The summed E-state index contributed by atoms with van der Waals surface area (Å²) in [7, 11) is 0. The summed E-state index contributed by atoms with van der Waals surface area (Å²) in [6.07, 6.45) is 0. The van der Waals surface area contributed by atoms with Crippen molar-refractivity contribution in [3.8, 4) is 78.4 Å². The lowest BCUT2D eigenvalue weighted by molar-refractivity contribution is 1.18. The van der Waals surface area contributed by atoms with E-state index in [1.54, 1.807) is 0 Å². The number of fused-ring (bicyclic) bond motifs is 1. The Morgan fingerprint density at radius 3 is 1.37 bits per heavy atom. The molecule has 0 aliphatic rings. The Labute approximate surface area is 304 Å². The van der Waals surface area contributed by atoms with Gasteiger partial charge in [0, 0.05) is 16.7 Å². The van der Waals surface area contributed by atoms with Crippen molar-refractivity contribution in [1.29, 1.82) is 0 Å². The monoisotopic (exact) mass is 662 g/mol. The fourth-order valence-electron chi connectivity index (χ4n) is 6.98. The molecule has 0 atom stereocenters. The molecule has 0 aliphatic carbocycles. The Bertz CT molecular complexity index is 2640. The normalized spacial score (nSPS) is 11.1. The highest BCUT2D eigenvalue weighted by atomic mass is 14.9. The largest absolute Gasteiger partial charge is 0.228 e. The molecule has 1 heterocycles. The Kier molecular flexibility index (Phi) is 8.24. The van der Waals surface area contributed by atoms with Crippen LogP contribution >= 0.6 is 0 Å². The highest BCUT2D eigenvalue weighted by molar-refractivity contribution is 5.97. The second-order valence-corrected chi connectivity index (χ2v) is 13.0. The zero-order valence-electron chi connectivity index (χ0n) is 28.5. The standard InChI is InChI=1S/C50H34N2/c1-3-12-35(13-4-1)37-24-28-40(29-25-37)48-34-49(45-21-10-20-44(33-45)47-23-11-17-39-16-7-8-22-46(39)47)52-50(51-48)41-30-26-38(27-31-41)43-19-9-18-42(32-43)36-14-5-2-6-15-36/h1-34H. The summed E-state index contributed by atoms with van der Waals surface area (Å²) in [5, 5.41) is 2.46. The summed E-state index contributed by atoms with van der Waals surface area (Å²) < 4.78 is 0. The van der Waals surface area contributed by atoms with Crippen LogP contribution in [0.15, 0.2) is 206 Å². The molecule has 2 heteroatoms. The molecule has 244 valence electrons. The molecule has 9 aromatic rings. The van der Waals surface area contributed by atoms with Crippen molar-refractivity contribution >= 4 is 10.8 Å². The van der Waals surface area contributed by atoms with Gasteiger partial charge >= 0.3 is 0 Å². The van der Waals surface area contributed by atoms with Crippen LogP contribution in [-0.2, 0) is 0 Å². The Hall–Kier alpha value is -6.90. The van der Waals surface area contributed by atoms with Gasteiger partial charge in [0.05, 0.1) is 11.4 Å². The van der Waals surface area contributed by atoms with E-state index in [4.69, 9.17) is 9.97 Å². The van der Waals surface area contributed by atoms with Crippen LogP contribution < -0.4 is 0 Å². The molecule has 0 fully saturated rings. The summed E-state index contributed by atoms with van der Waals surface area (Å²) in [5.41, 5.74) is 14.3. The average molecular weight is 663 g/mol. The van der Waals surface area contributed by atoms with Gasteiger partial charge in [-0.2, -0.15) is 0 Å². The summed E-state index contributed by atoms with van der Waals surface area (Å²) in [5.74, 6) is 0.694. The third-order valence-corrected chi connectivity index (χ3v) is 9.72. The second kappa shape index (κ2) is 13.8. The average Bonchev–Trinajstić information content (AvgIpc) is 3.24. The van der Waals surface area contributed by atoms with Crippen LogP contribution in [0.3, 0.4) is 0 Å². The van der Waals surface area contributed by atoms with Gasteiger partial charge in [0.15, 0.2) is 5.82 Å². The van der Waals surface area contributed by atoms with E-state index in [0.29, 0.717) is 5.82 Å². The van der Waals surface area contributed by atoms with Gasteiger partial charge in [-0.25, -0.2) is 9.97 Å². The van der Waals surface area contributed by atoms with Crippen molar-refractivity contribution in [2.45, 2.75) is 0 Å². The smallest absolute Gasteiger partial charge is 0.160 e. The Balaban J connectivity index is 1.12. The SMILES string of the molecule is c1ccc(-c2ccc(-c3cc(-c4cccc(-c5cccc6ccccc56)c4)nc(-c4ccc(-c5cccc(-c6ccccc6)c5)cc4)n3)cc2)cc1. The highest BCUT2D eigenvalue weighted by Crippen LogP contribution is 2.34. The molecule has 0 aliphatic heterocycles. The van der Waals surface area contributed by atoms with Gasteiger partial charge in [-0.05, 0) is 73.5 Å². The number of aromatic nitrogens is 2. The maximum atomic E-state index is 5.21. The van der Waals surface area contributed by atoms with Crippen molar-refractivity contribution in [1.82, 2.24) is 9.97 Å². The first-order valence-corrected chi connectivity index (χ1v) is 17.6. The first kappa shape index (κ1) is 31.1. The lowest BCUT2D eigenvalue weighted by atomic mass is 9.96. The van der Waals surface area contributed by atoms with E-state index in [9.17, 15) is 0 Å². The number of hydrogen-bond acceptors (Lipinski definition) is 2. The van der Waals surface area contributed by atoms with Crippen LogP contribution in [0.1, 0.15) is 0 Å². The fraction of sp³-hybridized carbons (Fsp3) is 0. The van der Waals surface area contributed by atoms with Gasteiger partial charge in [0.1, 0.15) is 0 Å². The molecule has 0 radical (unpaired) electrons. The first-order chi connectivity index (χ1) is 25.7. The van der Waals surface area contributed by atoms with Crippen LogP contribution in [0.4, 0.5) is 0 Å². The molecule has 9 rings (SSSR count). The minimum atomic E-state index is 0.694. The van der Waals surface area contributed by atoms with E-state index in [-0.39, 0.29) is 0 Å². The number of nitrogens with zero attached hydrogens (tertiary/aromatic N) is 2. The molecule has 0 saturated carbocycles. The highest BCUT2D eigenvalue weighted by Gasteiger charge is 2.13. The minimum absolute atomic E-state index is 0.694. The van der Waals surface area contributed by atoms with Crippen LogP contribution in [0.5, 0.6) is 0 Å². The maximum Gasteiger partial charge on any atom is 0.160 e. The van der Waals surface area contributed by atoms with E-state index < -0.39 is 0 Å². The van der Waals surface area contributed by atoms with Crippen LogP contribution in [-0.4, -0.2) is 9.97 Å². The number of rotatable bonds is 7. The van der Waals surface area contributed by atoms with Gasteiger partial charge in [-0.1, -0.05) is 188 Å². The Morgan fingerprint density at radius 1 is 0.250 bits per heavy atom. The van der Waals surface area contributed by atoms with Crippen LogP contribution in [0, 0.1) is 0 Å². The Morgan fingerprint density at radius 2 is 0.673 bits per heavy atom. The third kappa shape index (κ3) is 6.30. The molecule has 8 aromatic carbocycles. The van der Waals surface area contributed by atoms with Crippen molar-refractivity contribution in [3.05, 3.63) is 206 Å². The lowest BCUT2D eigenvalue weighted by Crippen LogP contribution is -1.96. The maximum absolute atomic E-state index is 5.21. The zero-order valence-corrected chi connectivity index (χ0v) is 28.5. The fourth-order valence-corrected chi connectivity index (χ4v) is 6.98. The lowest BCUT2D eigenvalue weighted by Gasteiger charge is -2.12. The van der Waals surface area contributed by atoms with Crippen molar-refractivity contribution in [3.63, 3.8) is 0 Å². The summed E-state index contributed by atoms with van der Waals surface area (Å²) in [6.45, 7) is 0. The molecule has 0 spiro atoms. The molecule has 2 nitrogen and oxygen atoms in total. The summed E-state index contributed by atoms with van der Waals surface area (Å²) >= 11 is 0. The second-order valence-electron chi connectivity index (χ2n) is 13.0. The van der Waals surface area contributed by atoms with E-state index in [2.05, 4.69) is 200 Å². The van der Waals surface area contributed by atoms with Gasteiger partial charge < -0.3 is 0 Å². The van der Waals surface area contributed by atoms with E-state index in [1.807, 2.05) is 6.07 Å². The molecule has 0 unspecified atom stereocenters. The van der Waals surface area contributed by atoms with Gasteiger partial charge in [-0.15, -0.1) is 0 Å². The minimum Gasteiger partial charge on any atom is -0.228 e. The van der Waals surface area contributed by atoms with E-state index in [0.717, 1.165) is 39.2 Å². The number of hydrogen-bond donors (Lipinski definition) is 0. The third-order valence-electron chi connectivity index (χ3n) is 9.72. The predicted octanol–water partition coefficient (Wildman–Crippen LogP) is 13.3. The quantitative estimate of drug-likeness (QED) is 0.170. The molecule has 0 bridgehead atoms. The molecular formula is C50H34N2. The van der Waals surface area contributed by atoms with Gasteiger partial charge in [0.2, 0.25) is 0 Å². The van der Waals surface area contributed by atoms with Gasteiger partial charge in [0.25, 0.3) is 0 Å². The molecule has 52 heavy (non-hydrogen) atoms. The van der Waals surface area contributed by atoms with Crippen molar-refractivity contribution in [2.75, 3.05) is 0 Å². The predicted molar refractivity (Wildman–Crippen MR) is 218 cm³/mol. The van der Waals surface area contributed by atoms with Crippen LogP contribution in [0.25, 0.3) is 89.2 Å². The molecule has 0 N–H and O–H groups in total. The summed E-state index contributed by atoms with van der Waals surface area (Å²) in [4.78, 5) is 10.4. The molecule has 0 saturated heterocycles. The molecule has 0 amide bonds. The van der Waals surface area contributed by atoms with Crippen molar-refractivity contribution in [2.24, 2.45) is 0 Å². The zero-order chi connectivity index (χ0) is 34.7. The molecular weight excluding hydrogens is 629 g/mol. The number of benzene rings is 8. The molecule has 1 aromatic heterocycles. The van der Waals surface area contributed by atoms with E-state index >= 15 is 0 Å². The van der Waals surface area contributed by atoms with Gasteiger partial charge in [-0.3, -0.25) is 0 Å². The summed E-state index contributed by atoms with van der Waals surface area (Å²) in [6, 6.07) is 72.8. The van der Waals surface area contributed by atoms with E-state index in [1.165, 1.54) is 44.2 Å².